The first kappa shape index (κ1) is 13.9. The van der Waals surface area contributed by atoms with E-state index in [4.69, 9.17) is 9.26 Å². The number of carbonyl (C=O) groups is 2. The van der Waals surface area contributed by atoms with Gasteiger partial charge in [0.25, 0.3) is 0 Å². The Balaban J connectivity index is 1.92. The molecule has 1 saturated carbocycles. The average Bonchev–Trinajstić information content (AvgIpc) is 2.98. The minimum absolute atomic E-state index is 0.00237. The van der Waals surface area contributed by atoms with Gasteiger partial charge in [-0.05, 0) is 41.5 Å². The first-order valence-corrected chi connectivity index (χ1v) is 7.58. The molecule has 2 aromatic carbocycles. The molecule has 5 nitrogen and oxygen atoms in total. The van der Waals surface area contributed by atoms with E-state index in [1.807, 2.05) is 30.3 Å². The maximum absolute atomic E-state index is 12.3. The number of methoxy groups -OCH3 is 1. The molecule has 1 heterocycles. The molecule has 116 valence electrons. The lowest BCUT2D eigenvalue weighted by molar-refractivity contribution is -0.130. The predicted octanol–water partition coefficient (Wildman–Crippen LogP) is 3.40. The normalized spacial score (nSPS) is 18.7. The molecule has 1 aromatic heterocycles. The van der Waals surface area contributed by atoms with Gasteiger partial charge in [0.15, 0.2) is 5.58 Å². The summed E-state index contributed by atoms with van der Waals surface area (Å²) in [7, 11) is 1.63. The van der Waals surface area contributed by atoms with Gasteiger partial charge in [0.2, 0.25) is 0 Å². The van der Waals surface area contributed by atoms with Crippen LogP contribution in [0.5, 0.6) is 5.75 Å². The number of Topliss-reactive ketones (excluding diaryl/α,β-unsaturated/α-hetero) is 2. The standard InChI is InChI=1S/C18H15NO4/c1-22-12-4-6-13-10(8-12)2-7-16-17(13)18(19-23-16)14-5-3-11(20)9-15(14)21/h2,4,6-8,14H,3,5,9H2,1H3/t14-/m0/s1. The SMILES string of the molecule is COc1ccc2c(ccc3onc([C@H]4CCC(=O)CC4=O)c32)c1. The van der Waals surface area contributed by atoms with E-state index in [0.717, 1.165) is 21.9 Å². The highest BCUT2D eigenvalue weighted by Crippen LogP contribution is 2.37. The van der Waals surface area contributed by atoms with E-state index in [9.17, 15) is 9.59 Å². The largest absolute Gasteiger partial charge is 0.497 e. The van der Waals surface area contributed by atoms with Gasteiger partial charge in [0.1, 0.15) is 23.0 Å². The number of rotatable bonds is 2. The highest BCUT2D eigenvalue weighted by molar-refractivity contribution is 6.11. The predicted molar refractivity (Wildman–Crippen MR) is 84.7 cm³/mol. The Morgan fingerprint density at radius 2 is 2.09 bits per heavy atom. The van der Waals surface area contributed by atoms with E-state index < -0.39 is 0 Å². The Morgan fingerprint density at radius 1 is 1.22 bits per heavy atom. The van der Waals surface area contributed by atoms with Crippen LogP contribution in [-0.2, 0) is 9.59 Å². The van der Waals surface area contributed by atoms with Gasteiger partial charge in [-0.2, -0.15) is 0 Å². The van der Waals surface area contributed by atoms with Crippen LogP contribution in [0.25, 0.3) is 21.7 Å². The highest BCUT2D eigenvalue weighted by Gasteiger charge is 2.32. The molecule has 3 aromatic rings. The molecule has 1 fully saturated rings. The van der Waals surface area contributed by atoms with E-state index in [-0.39, 0.29) is 23.9 Å². The second-order valence-electron chi connectivity index (χ2n) is 5.87. The maximum atomic E-state index is 12.3. The number of carbonyl (C=O) groups excluding carboxylic acids is 2. The fourth-order valence-corrected chi connectivity index (χ4v) is 3.30. The summed E-state index contributed by atoms with van der Waals surface area (Å²) in [6.45, 7) is 0. The highest BCUT2D eigenvalue weighted by atomic mass is 16.5. The van der Waals surface area contributed by atoms with Gasteiger partial charge in [0, 0.05) is 6.42 Å². The maximum Gasteiger partial charge on any atom is 0.167 e. The second kappa shape index (κ2) is 5.19. The monoisotopic (exact) mass is 309 g/mol. The first-order valence-electron chi connectivity index (χ1n) is 7.58. The van der Waals surface area contributed by atoms with Crippen LogP contribution in [0, 0.1) is 0 Å². The van der Waals surface area contributed by atoms with Crippen molar-refractivity contribution in [3.63, 3.8) is 0 Å². The average molecular weight is 309 g/mol. The van der Waals surface area contributed by atoms with Crippen molar-refractivity contribution in [2.45, 2.75) is 25.2 Å². The molecular weight excluding hydrogens is 294 g/mol. The lowest BCUT2D eigenvalue weighted by Crippen LogP contribution is -2.23. The molecule has 1 aliphatic rings. The van der Waals surface area contributed by atoms with Crippen LogP contribution >= 0.6 is 0 Å². The van der Waals surface area contributed by atoms with Crippen molar-refractivity contribution in [1.82, 2.24) is 5.16 Å². The zero-order valence-electron chi connectivity index (χ0n) is 12.7. The number of ether oxygens (including phenoxy) is 1. The summed E-state index contributed by atoms with van der Waals surface area (Å²) in [6, 6.07) is 9.58. The summed E-state index contributed by atoms with van der Waals surface area (Å²) < 4.78 is 10.7. The molecule has 5 heteroatoms. The van der Waals surface area contributed by atoms with Crippen molar-refractivity contribution >= 4 is 33.3 Å². The molecule has 0 bridgehead atoms. The molecule has 23 heavy (non-hydrogen) atoms. The number of ketones is 2. The minimum Gasteiger partial charge on any atom is -0.497 e. The Hall–Kier alpha value is -2.69. The van der Waals surface area contributed by atoms with Gasteiger partial charge < -0.3 is 9.26 Å². The third-order valence-corrected chi connectivity index (χ3v) is 4.49. The Labute approximate surface area is 132 Å². The molecule has 0 radical (unpaired) electrons. The molecule has 0 aliphatic heterocycles. The third kappa shape index (κ3) is 2.20. The van der Waals surface area contributed by atoms with Crippen LogP contribution in [0.2, 0.25) is 0 Å². The number of hydrogen-bond donors (Lipinski definition) is 0. The number of benzene rings is 2. The zero-order valence-corrected chi connectivity index (χ0v) is 12.7. The van der Waals surface area contributed by atoms with Crippen LogP contribution in [0.3, 0.4) is 0 Å². The van der Waals surface area contributed by atoms with Gasteiger partial charge in [-0.1, -0.05) is 11.2 Å². The molecule has 0 N–H and O–H groups in total. The fraction of sp³-hybridized carbons (Fsp3) is 0.278. The molecule has 1 atom stereocenters. The summed E-state index contributed by atoms with van der Waals surface area (Å²) in [5.74, 6) is 0.353. The van der Waals surface area contributed by atoms with Crippen molar-refractivity contribution in [1.29, 1.82) is 0 Å². The molecule has 0 unspecified atom stereocenters. The quantitative estimate of drug-likeness (QED) is 0.679. The van der Waals surface area contributed by atoms with Crippen molar-refractivity contribution in [3.05, 3.63) is 36.0 Å². The molecule has 1 aliphatic carbocycles. The molecule has 0 saturated heterocycles. The van der Waals surface area contributed by atoms with Crippen LogP contribution < -0.4 is 4.74 Å². The topological polar surface area (TPSA) is 69.4 Å². The lowest BCUT2D eigenvalue weighted by Gasteiger charge is -2.17. The summed E-state index contributed by atoms with van der Waals surface area (Å²) >= 11 is 0. The molecule has 4 rings (SSSR count). The summed E-state index contributed by atoms with van der Waals surface area (Å²) in [5, 5.41) is 6.98. The van der Waals surface area contributed by atoms with Crippen molar-refractivity contribution in [2.24, 2.45) is 0 Å². The number of hydrogen-bond acceptors (Lipinski definition) is 5. The first-order chi connectivity index (χ1) is 11.2. The number of fused-ring (bicyclic) bond motifs is 3. The Kier molecular flexibility index (Phi) is 3.15. The lowest BCUT2D eigenvalue weighted by atomic mass is 9.83. The van der Waals surface area contributed by atoms with Gasteiger partial charge in [-0.25, -0.2) is 0 Å². The van der Waals surface area contributed by atoms with Crippen molar-refractivity contribution in [2.75, 3.05) is 7.11 Å². The van der Waals surface area contributed by atoms with E-state index in [2.05, 4.69) is 5.16 Å². The molecular formula is C18H15NO4. The van der Waals surface area contributed by atoms with Crippen LogP contribution in [0.15, 0.2) is 34.9 Å². The van der Waals surface area contributed by atoms with Gasteiger partial charge in [0.05, 0.1) is 24.8 Å². The zero-order chi connectivity index (χ0) is 16.0. The third-order valence-electron chi connectivity index (χ3n) is 4.49. The smallest absolute Gasteiger partial charge is 0.167 e. The molecule has 0 amide bonds. The van der Waals surface area contributed by atoms with E-state index in [1.165, 1.54) is 0 Å². The molecule has 0 spiro atoms. The van der Waals surface area contributed by atoms with Crippen LogP contribution in [-0.4, -0.2) is 23.8 Å². The van der Waals surface area contributed by atoms with Crippen molar-refractivity contribution in [3.8, 4) is 5.75 Å². The van der Waals surface area contributed by atoms with E-state index >= 15 is 0 Å². The summed E-state index contributed by atoms with van der Waals surface area (Å²) in [5.41, 5.74) is 1.30. The van der Waals surface area contributed by atoms with Crippen molar-refractivity contribution < 1.29 is 18.8 Å². The van der Waals surface area contributed by atoms with Gasteiger partial charge in [-0.15, -0.1) is 0 Å². The number of nitrogens with zero attached hydrogens (tertiary/aromatic N) is 1. The fourth-order valence-electron chi connectivity index (χ4n) is 3.30. The Bertz CT molecular complexity index is 941. The summed E-state index contributed by atoms with van der Waals surface area (Å²) in [6.07, 6.45) is 0.923. The van der Waals surface area contributed by atoms with E-state index in [0.29, 0.717) is 24.1 Å². The second-order valence-corrected chi connectivity index (χ2v) is 5.87. The van der Waals surface area contributed by atoms with Gasteiger partial charge in [-0.3, -0.25) is 9.59 Å². The van der Waals surface area contributed by atoms with Crippen LogP contribution in [0.4, 0.5) is 0 Å². The summed E-state index contributed by atoms with van der Waals surface area (Å²) in [4.78, 5) is 23.7. The van der Waals surface area contributed by atoms with Crippen LogP contribution in [0.1, 0.15) is 30.9 Å². The number of aromatic nitrogens is 1. The minimum atomic E-state index is -0.360. The van der Waals surface area contributed by atoms with Gasteiger partial charge >= 0.3 is 0 Å². The van der Waals surface area contributed by atoms with E-state index in [1.54, 1.807) is 7.11 Å². The Morgan fingerprint density at radius 3 is 2.87 bits per heavy atom.